The van der Waals surface area contributed by atoms with E-state index >= 15 is 0 Å². The van der Waals surface area contributed by atoms with Crippen molar-refractivity contribution in [1.29, 1.82) is 0 Å². The maximum absolute atomic E-state index is 13.5. The van der Waals surface area contributed by atoms with Crippen molar-refractivity contribution < 1.29 is 28.7 Å². The number of halogens is 1. The average Bonchev–Trinajstić information content (AvgIpc) is 3.35. The molecule has 13 heteroatoms. The van der Waals surface area contributed by atoms with E-state index in [4.69, 9.17) is 13.9 Å². The SMILES string of the molecule is COc1cc(C=Nn2c(-c3cc4cc(Br)ccc4o3)nc3ccccc3c2=O)cc([N+](=O)[O-])c1O[C@H](C)C(=O)O. The van der Waals surface area contributed by atoms with Gasteiger partial charge in [-0.05, 0) is 49.4 Å². The second-order valence-electron chi connectivity index (χ2n) is 8.53. The molecule has 0 aliphatic carbocycles. The molecule has 5 aromatic rings. The number of ether oxygens (including phenoxy) is 2. The number of furan rings is 1. The Balaban J connectivity index is 1.67. The van der Waals surface area contributed by atoms with Gasteiger partial charge in [0.15, 0.2) is 17.6 Å². The van der Waals surface area contributed by atoms with Gasteiger partial charge in [0, 0.05) is 21.5 Å². The smallest absolute Gasteiger partial charge is 0.344 e. The normalized spacial score (nSPS) is 12.2. The predicted molar refractivity (Wildman–Crippen MR) is 149 cm³/mol. The number of methoxy groups -OCH3 is 1. The van der Waals surface area contributed by atoms with E-state index in [-0.39, 0.29) is 28.6 Å². The fourth-order valence-electron chi connectivity index (χ4n) is 3.95. The lowest BCUT2D eigenvalue weighted by molar-refractivity contribution is -0.386. The number of carboxylic acids is 1. The van der Waals surface area contributed by atoms with Crippen LogP contribution in [0, 0.1) is 10.1 Å². The van der Waals surface area contributed by atoms with Gasteiger partial charge >= 0.3 is 11.7 Å². The molecule has 0 aliphatic rings. The summed E-state index contributed by atoms with van der Waals surface area (Å²) in [6.07, 6.45) is -0.151. The van der Waals surface area contributed by atoms with Crippen LogP contribution in [0.3, 0.4) is 0 Å². The molecule has 0 saturated carbocycles. The molecule has 2 aromatic heterocycles. The number of nitrogens with zero attached hydrogens (tertiary/aromatic N) is 4. The zero-order valence-electron chi connectivity index (χ0n) is 20.9. The van der Waals surface area contributed by atoms with Crippen molar-refractivity contribution >= 4 is 55.7 Å². The number of hydrogen-bond donors (Lipinski definition) is 1. The fraction of sp³-hybridized carbons (Fsp3) is 0.111. The molecule has 12 nitrogen and oxygen atoms in total. The van der Waals surface area contributed by atoms with Crippen LogP contribution in [0.25, 0.3) is 33.5 Å². The summed E-state index contributed by atoms with van der Waals surface area (Å²) in [5.74, 6) is -1.35. The second-order valence-corrected chi connectivity index (χ2v) is 9.45. The molecular formula is C27H19BrN4O8. The minimum absolute atomic E-state index is 0.0872. The molecule has 0 fully saturated rings. The molecule has 1 N–H and O–H groups in total. The van der Waals surface area contributed by atoms with E-state index in [0.717, 1.165) is 20.6 Å². The van der Waals surface area contributed by atoms with Crippen LogP contribution in [0.2, 0.25) is 0 Å². The molecule has 0 spiro atoms. The van der Waals surface area contributed by atoms with Crippen molar-refractivity contribution in [1.82, 2.24) is 9.66 Å². The Hall–Kier alpha value is -5.04. The number of aliphatic carboxylic acids is 1. The third-order valence-electron chi connectivity index (χ3n) is 5.89. The Labute approximate surface area is 233 Å². The van der Waals surface area contributed by atoms with Gasteiger partial charge in [-0.2, -0.15) is 9.78 Å². The summed E-state index contributed by atoms with van der Waals surface area (Å²) in [6, 6.07) is 16.4. The summed E-state index contributed by atoms with van der Waals surface area (Å²) in [6.45, 7) is 1.23. The Bertz CT molecular complexity index is 1900. The van der Waals surface area contributed by atoms with E-state index in [1.165, 1.54) is 26.3 Å². The van der Waals surface area contributed by atoms with Gasteiger partial charge in [-0.25, -0.2) is 9.78 Å². The van der Waals surface area contributed by atoms with E-state index in [9.17, 15) is 24.8 Å². The van der Waals surface area contributed by atoms with E-state index in [2.05, 4.69) is 26.0 Å². The standard InChI is InChI=1S/C27H19BrN4O8/c1-14(27(34)35)39-24-20(32(36)37)9-15(10-22(24)38-2)13-29-31-25(30-19-6-4-3-5-18(19)26(31)33)23-12-16-11-17(28)7-8-21(16)40-23/h3-14H,1-2H3,(H,34,35)/t14-/m1/s1. The largest absolute Gasteiger partial charge is 0.493 e. The zero-order chi connectivity index (χ0) is 28.6. The second kappa shape index (κ2) is 10.6. The topological polar surface area (TPSA) is 159 Å². The van der Waals surface area contributed by atoms with Gasteiger partial charge in [0.05, 0.1) is 29.2 Å². The van der Waals surface area contributed by atoms with Crippen LogP contribution in [0.5, 0.6) is 11.5 Å². The number of nitro groups is 1. The fourth-order valence-corrected chi connectivity index (χ4v) is 4.33. The number of rotatable bonds is 8. The summed E-state index contributed by atoms with van der Waals surface area (Å²) in [4.78, 5) is 40.5. The Morgan fingerprint density at radius 3 is 2.73 bits per heavy atom. The summed E-state index contributed by atoms with van der Waals surface area (Å²) >= 11 is 3.43. The van der Waals surface area contributed by atoms with Crippen LogP contribution in [-0.4, -0.2) is 45.1 Å². The Morgan fingerprint density at radius 2 is 2.00 bits per heavy atom. The molecule has 1 atom stereocenters. The van der Waals surface area contributed by atoms with Gasteiger partial charge in [0.2, 0.25) is 11.6 Å². The van der Waals surface area contributed by atoms with Crippen LogP contribution < -0.4 is 15.0 Å². The minimum atomic E-state index is -1.37. The molecule has 5 rings (SSSR count). The van der Waals surface area contributed by atoms with Crippen molar-refractivity contribution in [2.75, 3.05) is 7.11 Å². The van der Waals surface area contributed by atoms with Crippen LogP contribution >= 0.6 is 15.9 Å². The number of fused-ring (bicyclic) bond motifs is 2. The van der Waals surface area contributed by atoms with E-state index in [0.29, 0.717) is 16.5 Å². The van der Waals surface area contributed by atoms with Crippen LogP contribution in [0.4, 0.5) is 5.69 Å². The number of carbonyl (C=O) groups is 1. The molecule has 0 bridgehead atoms. The lowest BCUT2D eigenvalue weighted by Gasteiger charge is -2.14. The zero-order valence-corrected chi connectivity index (χ0v) is 22.5. The lowest BCUT2D eigenvalue weighted by Crippen LogP contribution is -2.23. The summed E-state index contributed by atoms with van der Waals surface area (Å²) in [5.41, 5.74) is 0.152. The number of carboxylic acid groups (broad SMARTS) is 1. The number of benzene rings is 3. The molecule has 202 valence electrons. The van der Waals surface area contributed by atoms with E-state index < -0.39 is 28.2 Å². The molecule has 0 unspecified atom stereocenters. The first kappa shape index (κ1) is 26.6. The van der Waals surface area contributed by atoms with Crippen molar-refractivity contribution in [2.24, 2.45) is 5.10 Å². The first-order valence-corrected chi connectivity index (χ1v) is 12.5. The molecular weight excluding hydrogens is 588 g/mol. The van der Waals surface area contributed by atoms with Crippen LogP contribution in [-0.2, 0) is 4.79 Å². The first-order chi connectivity index (χ1) is 19.2. The molecule has 0 radical (unpaired) electrons. The average molecular weight is 607 g/mol. The molecule has 2 heterocycles. The van der Waals surface area contributed by atoms with Gasteiger partial charge in [-0.1, -0.05) is 28.1 Å². The highest BCUT2D eigenvalue weighted by molar-refractivity contribution is 9.10. The van der Waals surface area contributed by atoms with E-state index in [1.54, 1.807) is 36.4 Å². The highest BCUT2D eigenvalue weighted by Gasteiger charge is 2.26. The molecule has 3 aromatic carbocycles. The third-order valence-corrected chi connectivity index (χ3v) is 6.38. The third kappa shape index (κ3) is 5.01. The quantitative estimate of drug-likeness (QED) is 0.142. The van der Waals surface area contributed by atoms with Gasteiger partial charge in [-0.3, -0.25) is 14.9 Å². The number of hydrogen-bond acceptors (Lipinski definition) is 9. The van der Waals surface area contributed by atoms with Gasteiger partial charge in [0.1, 0.15) is 5.58 Å². The van der Waals surface area contributed by atoms with Crippen LogP contribution in [0.15, 0.2) is 79.4 Å². The van der Waals surface area contributed by atoms with Crippen molar-refractivity contribution in [2.45, 2.75) is 13.0 Å². The van der Waals surface area contributed by atoms with Crippen molar-refractivity contribution in [3.8, 4) is 23.1 Å². The molecule has 0 amide bonds. The van der Waals surface area contributed by atoms with Crippen molar-refractivity contribution in [3.05, 3.63) is 91.2 Å². The summed E-state index contributed by atoms with van der Waals surface area (Å²) in [7, 11) is 1.26. The first-order valence-electron chi connectivity index (χ1n) is 11.7. The van der Waals surface area contributed by atoms with Gasteiger partial charge < -0.3 is 19.0 Å². The van der Waals surface area contributed by atoms with Crippen LogP contribution in [0.1, 0.15) is 12.5 Å². The lowest BCUT2D eigenvalue weighted by atomic mass is 10.1. The molecule has 40 heavy (non-hydrogen) atoms. The van der Waals surface area contributed by atoms with E-state index in [1.807, 2.05) is 12.1 Å². The maximum atomic E-state index is 13.5. The minimum Gasteiger partial charge on any atom is -0.493 e. The number of aromatic nitrogens is 2. The monoisotopic (exact) mass is 606 g/mol. The maximum Gasteiger partial charge on any atom is 0.344 e. The van der Waals surface area contributed by atoms with Gasteiger partial charge in [0.25, 0.3) is 5.56 Å². The number of nitro benzene ring substituents is 1. The Morgan fingerprint density at radius 1 is 1.23 bits per heavy atom. The number of para-hydroxylation sites is 1. The highest BCUT2D eigenvalue weighted by atomic mass is 79.9. The predicted octanol–water partition coefficient (Wildman–Crippen LogP) is 5.22. The van der Waals surface area contributed by atoms with Crippen molar-refractivity contribution in [3.63, 3.8) is 0 Å². The Kier molecular flexibility index (Phi) is 7.05. The molecule has 0 aliphatic heterocycles. The highest BCUT2D eigenvalue weighted by Crippen LogP contribution is 2.39. The summed E-state index contributed by atoms with van der Waals surface area (Å²) in [5, 5.41) is 26.4. The molecule has 0 saturated heterocycles. The van der Waals surface area contributed by atoms with Gasteiger partial charge in [-0.15, -0.1) is 0 Å². The summed E-state index contributed by atoms with van der Waals surface area (Å²) < 4.78 is 18.4.